The Hall–Kier alpha value is -15.9. The van der Waals surface area contributed by atoms with E-state index in [2.05, 4.69) is 413 Å². The zero-order chi connectivity index (χ0) is 83.8. The number of nitrogens with zero attached hydrogens (tertiary/aromatic N) is 12. The maximum atomic E-state index is 5.23. The molecular weight excluding hydrogens is 1510 g/mol. The minimum atomic E-state index is 0.598. The Morgan fingerprint density at radius 3 is 0.637 bits per heavy atom. The minimum absolute atomic E-state index is 0.598. The Kier molecular flexibility index (Phi) is 19.1. The van der Waals surface area contributed by atoms with E-state index in [0.29, 0.717) is 11.6 Å². The van der Waals surface area contributed by atoms with E-state index in [1.807, 2.05) is 12.4 Å². The molecule has 4 heterocycles. The summed E-state index contributed by atoms with van der Waals surface area (Å²) in [5.41, 5.74) is 28.2. The Morgan fingerprint density at radius 1 is 0.185 bits per heavy atom. The fourth-order valence-corrected chi connectivity index (χ4v) is 18.1. The lowest BCUT2D eigenvalue weighted by Gasteiger charge is -2.31. The maximum Gasteiger partial charge on any atom is 0.163 e. The molecule has 22 aromatic rings. The molecular formula is C112H84N12. The van der Waals surface area contributed by atoms with Gasteiger partial charge in [-0.2, -0.15) is 0 Å². The zero-order valence-corrected chi connectivity index (χ0v) is 70.0. The average Bonchev–Trinajstić information content (AvgIpc) is 0.707. The largest absolute Gasteiger partial charge is 0.310 e. The van der Waals surface area contributed by atoms with Crippen molar-refractivity contribution in [2.75, 3.05) is 19.6 Å². The van der Waals surface area contributed by atoms with E-state index in [1.165, 1.54) is 55.3 Å². The van der Waals surface area contributed by atoms with Gasteiger partial charge in [-0.1, -0.05) is 239 Å². The second-order valence-electron chi connectivity index (χ2n) is 32.6. The van der Waals surface area contributed by atoms with Gasteiger partial charge in [0.15, 0.2) is 11.6 Å². The number of aryl methyl sites for hydroxylation is 8. The van der Waals surface area contributed by atoms with Crippen LogP contribution in [0.2, 0.25) is 0 Å². The fraction of sp³-hybridized carbons (Fsp3) is 0.0714. The summed E-state index contributed by atoms with van der Waals surface area (Å²) < 4.78 is 0. The second-order valence-corrected chi connectivity index (χ2v) is 32.6. The predicted octanol–water partition coefficient (Wildman–Crippen LogP) is 29.6. The SMILES string of the molecule is Cc1ccc(N(c2ccc(C)cc2)c2cc(-c3nccc4ccccc34)c3ccc4c(N(c5ccc(C)cc5)c5ccc(C)cc5)cc(-c5nccc6ccccc56)c5ccc2c3c54)cc1.Cc1ccc(N(c2ccc(C)cc2)c2cc(-c3ncncn3)c3ccc4c(N(c5ccc(C)cc5)c5ccc(C)cc5)cc(-c5ncncn5)c5ccc2c3c54)cc1. The lowest BCUT2D eigenvalue weighted by Crippen LogP contribution is -2.12. The lowest BCUT2D eigenvalue weighted by atomic mass is 9.85. The molecule has 0 aliphatic carbocycles. The first kappa shape index (κ1) is 75.5. The van der Waals surface area contributed by atoms with Crippen LogP contribution in [0.25, 0.3) is 131 Å². The van der Waals surface area contributed by atoms with Crippen molar-refractivity contribution >= 4 is 154 Å². The van der Waals surface area contributed by atoms with Crippen LogP contribution in [0.3, 0.4) is 0 Å². The Balaban J connectivity index is 0.000000153. The molecule has 0 aliphatic heterocycles. The number of rotatable bonds is 16. The van der Waals surface area contributed by atoms with Crippen LogP contribution in [-0.4, -0.2) is 39.9 Å². The Labute approximate surface area is 719 Å². The second kappa shape index (κ2) is 31.3. The van der Waals surface area contributed by atoms with Crippen molar-refractivity contribution in [3.05, 3.63) is 410 Å². The van der Waals surface area contributed by atoms with Crippen molar-refractivity contribution in [2.24, 2.45) is 0 Å². The number of hydrogen-bond acceptors (Lipinski definition) is 12. The molecule has 592 valence electrons. The third kappa shape index (κ3) is 13.5. The zero-order valence-electron chi connectivity index (χ0n) is 70.0. The first-order chi connectivity index (χ1) is 60.8. The highest BCUT2D eigenvalue weighted by Gasteiger charge is 2.31. The molecule has 0 N–H and O–H groups in total. The van der Waals surface area contributed by atoms with Gasteiger partial charge in [0, 0.05) is 134 Å². The molecule has 0 spiro atoms. The van der Waals surface area contributed by atoms with Crippen LogP contribution in [-0.2, 0) is 0 Å². The number of benzene rings is 18. The van der Waals surface area contributed by atoms with Crippen molar-refractivity contribution in [3.8, 4) is 45.3 Å². The molecule has 12 nitrogen and oxygen atoms in total. The topological polar surface area (TPSA) is 116 Å². The van der Waals surface area contributed by atoms with Gasteiger partial charge in [-0.25, -0.2) is 29.9 Å². The van der Waals surface area contributed by atoms with Crippen LogP contribution < -0.4 is 19.6 Å². The van der Waals surface area contributed by atoms with E-state index in [-0.39, 0.29) is 0 Å². The highest BCUT2D eigenvalue weighted by Crippen LogP contribution is 2.56. The van der Waals surface area contributed by atoms with Gasteiger partial charge in [-0.15, -0.1) is 0 Å². The number of fused-ring (bicyclic) bond motifs is 2. The summed E-state index contributed by atoms with van der Waals surface area (Å²) in [6.45, 7) is 17.1. The van der Waals surface area contributed by atoms with E-state index in [9.17, 15) is 0 Å². The minimum Gasteiger partial charge on any atom is -0.310 e. The van der Waals surface area contributed by atoms with E-state index in [0.717, 1.165) is 177 Å². The summed E-state index contributed by atoms with van der Waals surface area (Å²) in [5, 5.41) is 17.9. The molecule has 0 aliphatic rings. The maximum absolute atomic E-state index is 5.23. The van der Waals surface area contributed by atoms with Crippen LogP contribution in [0.5, 0.6) is 0 Å². The van der Waals surface area contributed by atoms with Crippen LogP contribution in [0, 0.1) is 55.4 Å². The summed E-state index contributed by atoms with van der Waals surface area (Å²) in [7, 11) is 0. The molecule has 124 heavy (non-hydrogen) atoms. The van der Waals surface area contributed by atoms with E-state index in [1.54, 1.807) is 25.3 Å². The average molecular weight is 1600 g/mol. The molecule has 0 saturated heterocycles. The molecule has 0 bridgehead atoms. The molecule has 0 unspecified atom stereocenters. The highest BCUT2D eigenvalue weighted by atomic mass is 15.2. The standard InChI is InChI=1S/C62H46N4.C50H38N8/c1-39-13-21-45(22-14-39)65(46-23-15-40(2)16-24-46)57-37-55(61-49-11-7-5-9-43(49)33-35-63-61)51-30-32-54-58(66(47-25-17-41(3)18-26-47)48-27-19-42(4)20-28-48)38-56(52-29-31-53(57)59(51)60(52)54)62-50-12-8-6-10-44(50)34-36-64-62;1-31-5-13-35(14-6-31)57(36-15-7-32(2)8-16-36)45-25-43(49-53-27-51-28-54-49)39-22-24-42-46(58(37-17-9-33(3)10-18-37)38-19-11-34(4)12-20-38)26-44(50-55-29-52-30-56-50)40-21-23-41(45)47(39)48(40)42/h5-38H,1-4H3;5-30H,1-4H3. The molecule has 0 amide bonds. The van der Waals surface area contributed by atoms with Gasteiger partial charge in [0.1, 0.15) is 25.3 Å². The normalized spacial score (nSPS) is 11.5. The molecule has 0 fully saturated rings. The lowest BCUT2D eigenvalue weighted by molar-refractivity contribution is 1.06. The smallest absolute Gasteiger partial charge is 0.163 e. The molecule has 22 rings (SSSR count). The van der Waals surface area contributed by atoms with Crippen LogP contribution in [0.15, 0.2) is 365 Å². The number of anilines is 12. The molecule has 0 radical (unpaired) electrons. The summed E-state index contributed by atoms with van der Waals surface area (Å²) in [4.78, 5) is 47.3. The third-order valence-electron chi connectivity index (χ3n) is 24.3. The molecule has 0 saturated carbocycles. The quantitative estimate of drug-likeness (QED) is 0.0858. The van der Waals surface area contributed by atoms with E-state index < -0.39 is 0 Å². The van der Waals surface area contributed by atoms with E-state index in [4.69, 9.17) is 29.9 Å². The summed E-state index contributed by atoms with van der Waals surface area (Å²) in [6.07, 6.45) is 10.2. The van der Waals surface area contributed by atoms with Crippen molar-refractivity contribution in [1.82, 2.24) is 39.9 Å². The highest BCUT2D eigenvalue weighted by molar-refractivity contribution is 6.35. The van der Waals surface area contributed by atoms with Crippen molar-refractivity contribution < 1.29 is 0 Å². The molecule has 0 atom stereocenters. The molecule has 18 aromatic carbocycles. The first-order valence-corrected chi connectivity index (χ1v) is 42.0. The van der Waals surface area contributed by atoms with Gasteiger partial charge >= 0.3 is 0 Å². The number of aromatic nitrogens is 8. The monoisotopic (exact) mass is 1600 g/mol. The van der Waals surface area contributed by atoms with E-state index >= 15 is 0 Å². The summed E-state index contributed by atoms with van der Waals surface area (Å²) in [5.74, 6) is 1.20. The van der Waals surface area contributed by atoms with Gasteiger partial charge in [0.2, 0.25) is 0 Å². The summed E-state index contributed by atoms with van der Waals surface area (Å²) >= 11 is 0. The van der Waals surface area contributed by atoms with Gasteiger partial charge in [-0.05, 0) is 221 Å². The van der Waals surface area contributed by atoms with Crippen molar-refractivity contribution in [2.45, 2.75) is 55.4 Å². The Bertz CT molecular complexity index is 7110. The predicted molar refractivity (Wildman–Crippen MR) is 516 cm³/mol. The van der Waals surface area contributed by atoms with Crippen LogP contribution >= 0.6 is 0 Å². The fourth-order valence-electron chi connectivity index (χ4n) is 18.1. The van der Waals surface area contributed by atoms with Gasteiger partial charge in [-0.3, -0.25) is 9.97 Å². The van der Waals surface area contributed by atoms with Gasteiger partial charge in [0.05, 0.1) is 34.1 Å². The molecule has 4 aromatic heterocycles. The Morgan fingerprint density at radius 2 is 0.395 bits per heavy atom. The van der Waals surface area contributed by atoms with Crippen molar-refractivity contribution in [3.63, 3.8) is 0 Å². The summed E-state index contributed by atoms with van der Waals surface area (Å²) in [6, 6.07) is 119. The number of pyridine rings is 2. The van der Waals surface area contributed by atoms with Gasteiger partial charge in [0.25, 0.3) is 0 Å². The van der Waals surface area contributed by atoms with Gasteiger partial charge < -0.3 is 19.6 Å². The first-order valence-electron chi connectivity index (χ1n) is 42.0. The third-order valence-corrected chi connectivity index (χ3v) is 24.3. The van der Waals surface area contributed by atoms with Crippen LogP contribution in [0.1, 0.15) is 44.5 Å². The molecule has 12 heteroatoms. The number of hydrogen-bond donors (Lipinski definition) is 0. The van der Waals surface area contributed by atoms with Crippen molar-refractivity contribution in [1.29, 1.82) is 0 Å². The van der Waals surface area contributed by atoms with Crippen LogP contribution in [0.4, 0.5) is 68.2 Å².